The molecule has 1 aliphatic heterocycles. The Balaban J connectivity index is 1.60. The number of hydrogen-bond donors (Lipinski definition) is 2. The number of benzene rings is 2. The van der Waals surface area contributed by atoms with E-state index in [2.05, 4.69) is 10.2 Å². The van der Waals surface area contributed by atoms with E-state index in [4.69, 9.17) is 22.1 Å². The number of carbonyl (C=O) groups excluding carboxylic acids is 1. The van der Waals surface area contributed by atoms with Crippen molar-refractivity contribution in [2.45, 2.75) is 19.5 Å². The number of nitrogens with one attached hydrogen (secondary N) is 1. The van der Waals surface area contributed by atoms with Gasteiger partial charge in [-0.3, -0.25) is 9.69 Å². The SMILES string of the molecule is COc1cccc(CNC(=O)C2=C(N)CCN(Cc3ccc(Cl)cc3)C2)c1. The second-order valence-corrected chi connectivity index (χ2v) is 7.06. The van der Waals surface area contributed by atoms with Crippen LogP contribution in [0.15, 0.2) is 59.8 Å². The van der Waals surface area contributed by atoms with E-state index in [0.717, 1.165) is 35.0 Å². The molecule has 0 radical (unpaired) electrons. The van der Waals surface area contributed by atoms with Crippen LogP contribution in [-0.4, -0.2) is 31.0 Å². The molecule has 27 heavy (non-hydrogen) atoms. The lowest BCUT2D eigenvalue weighted by Crippen LogP contribution is -2.39. The first kappa shape index (κ1) is 19.3. The lowest BCUT2D eigenvalue weighted by Gasteiger charge is -2.29. The monoisotopic (exact) mass is 385 g/mol. The van der Waals surface area contributed by atoms with Crippen molar-refractivity contribution < 1.29 is 9.53 Å². The van der Waals surface area contributed by atoms with E-state index in [0.29, 0.717) is 30.8 Å². The summed E-state index contributed by atoms with van der Waals surface area (Å²) in [5, 5.41) is 3.69. The molecule has 0 atom stereocenters. The number of nitrogens with two attached hydrogens (primary N) is 1. The van der Waals surface area contributed by atoms with Gasteiger partial charge < -0.3 is 15.8 Å². The van der Waals surface area contributed by atoms with Crippen LogP contribution < -0.4 is 15.8 Å². The van der Waals surface area contributed by atoms with Crippen LogP contribution in [0.5, 0.6) is 5.75 Å². The molecular weight excluding hydrogens is 362 g/mol. The van der Waals surface area contributed by atoms with E-state index in [1.165, 1.54) is 0 Å². The highest BCUT2D eigenvalue weighted by molar-refractivity contribution is 6.30. The Morgan fingerprint density at radius 2 is 2.00 bits per heavy atom. The van der Waals surface area contributed by atoms with Gasteiger partial charge in [-0.25, -0.2) is 0 Å². The fourth-order valence-electron chi connectivity index (χ4n) is 3.11. The predicted octanol–water partition coefficient (Wildman–Crippen LogP) is 3.08. The molecule has 6 heteroatoms. The molecule has 1 heterocycles. The first-order valence-corrected chi connectivity index (χ1v) is 9.28. The number of methoxy groups -OCH3 is 1. The number of ether oxygens (including phenoxy) is 1. The maximum atomic E-state index is 12.7. The normalized spacial score (nSPS) is 14.9. The van der Waals surface area contributed by atoms with Crippen molar-refractivity contribution >= 4 is 17.5 Å². The molecule has 0 bridgehead atoms. The van der Waals surface area contributed by atoms with E-state index < -0.39 is 0 Å². The highest BCUT2D eigenvalue weighted by atomic mass is 35.5. The Morgan fingerprint density at radius 1 is 1.22 bits per heavy atom. The Morgan fingerprint density at radius 3 is 2.74 bits per heavy atom. The minimum absolute atomic E-state index is 0.115. The molecule has 2 aromatic rings. The molecule has 0 fully saturated rings. The van der Waals surface area contributed by atoms with Crippen LogP contribution in [0.1, 0.15) is 17.5 Å². The molecule has 2 aromatic carbocycles. The van der Waals surface area contributed by atoms with Crippen LogP contribution in [0.4, 0.5) is 0 Å². The highest BCUT2D eigenvalue weighted by Crippen LogP contribution is 2.19. The molecule has 0 saturated carbocycles. The van der Waals surface area contributed by atoms with Gasteiger partial charge in [-0.05, 0) is 35.4 Å². The lowest BCUT2D eigenvalue weighted by molar-refractivity contribution is -0.118. The standard InChI is InChI=1S/C21H24ClN3O2/c1-27-18-4-2-3-16(11-18)12-24-21(26)19-14-25(10-9-20(19)23)13-15-5-7-17(22)8-6-15/h2-8,11H,9-10,12-14,23H2,1H3,(H,24,26). The number of amides is 1. The van der Waals surface area contributed by atoms with Crippen molar-refractivity contribution in [1.29, 1.82) is 0 Å². The fraction of sp³-hybridized carbons (Fsp3) is 0.286. The zero-order valence-corrected chi connectivity index (χ0v) is 16.1. The van der Waals surface area contributed by atoms with Gasteiger partial charge >= 0.3 is 0 Å². The smallest absolute Gasteiger partial charge is 0.250 e. The number of nitrogens with zero attached hydrogens (tertiary/aromatic N) is 1. The summed E-state index contributed by atoms with van der Waals surface area (Å²) in [5.41, 5.74) is 9.59. The Kier molecular flexibility index (Phi) is 6.37. The minimum atomic E-state index is -0.115. The third-order valence-corrected chi connectivity index (χ3v) is 4.90. The number of hydrogen-bond acceptors (Lipinski definition) is 4. The van der Waals surface area contributed by atoms with Gasteiger partial charge in [0.2, 0.25) is 0 Å². The molecule has 0 unspecified atom stereocenters. The van der Waals surface area contributed by atoms with Crippen molar-refractivity contribution in [2.75, 3.05) is 20.2 Å². The van der Waals surface area contributed by atoms with Crippen molar-refractivity contribution in [3.63, 3.8) is 0 Å². The Labute approximate surface area is 164 Å². The van der Waals surface area contributed by atoms with Crippen molar-refractivity contribution in [3.8, 4) is 5.75 Å². The second kappa shape index (κ2) is 8.93. The molecule has 3 N–H and O–H groups in total. The first-order chi connectivity index (χ1) is 13.0. The number of halogens is 1. The van der Waals surface area contributed by atoms with E-state index in [-0.39, 0.29) is 5.91 Å². The van der Waals surface area contributed by atoms with Gasteiger partial charge in [0.1, 0.15) is 5.75 Å². The maximum absolute atomic E-state index is 12.7. The number of rotatable bonds is 6. The zero-order valence-electron chi connectivity index (χ0n) is 15.4. The summed E-state index contributed by atoms with van der Waals surface area (Å²) in [6.45, 7) is 2.57. The van der Waals surface area contributed by atoms with Gasteiger partial charge in [0, 0.05) is 48.9 Å². The second-order valence-electron chi connectivity index (χ2n) is 6.63. The van der Waals surface area contributed by atoms with Crippen LogP contribution in [-0.2, 0) is 17.9 Å². The van der Waals surface area contributed by atoms with Gasteiger partial charge in [0.15, 0.2) is 0 Å². The molecule has 1 aliphatic rings. The van der Waals surface area contributed by atoms with Gasteiger partial charge in [-0.2, -0.15) is 0 Å². The van der Waals surface area contributed by atoms with Crippen molar-refractivity contribution in [3.05, 3.63) is 76.0 Å². The zero-order chi connectivity index (χ0) is 19.2. The van der Waals surface area contributed by atoms with E-state index in [1.54, 1.807) is 7.11 Å². The average Bonchev–Trinajstić information content (AvgIpc) is 2.69. The van der Waals surface area contributed by atoms with Gasteiger partial charge in [-0.1, -0.05) is 35.9 Å². The summed E-state index contributed by atoms with van der Waals surface area (Å²) in [6, 6.07) is 15.4. The summed E-state index contributed by atoms with van der Waals surface area (Å²) in [4.78, 5) is 14.9. The third kappa shape index (κ3) is 5.25. The highest BCUT2D eigenvalue weighted by Gasteiger charge is 2.22. The predicted molar refractivity (Wildman–Crippen MR) is 107 cm³/mol. The average molecular weight is 386 g/mol. The third-order valence-electron chi connectivity index (χ3n) is 4.65. The van der Waals surface area contributed by atoms with Crippen LogP contribution >= 0.6 is 11.6 Å². The molecule has 3 rings (SSSR count). The van der Waals surface area contributed by atoms with E-state index >= 15 is 0 Å². The van der Waals surface area contributed by atoms with Gasteiger partial charge in [-0.15, -0.1) is 0 Å². The summed E-state index contributed by atoms with van der Waals surface area (Å²) in [6.07, 6.45) is 0.690. The molecule has 0 aromatic heterocycles. The summed E-state index contributed by atoms with van der Waals surface area (Å²) >= 11 is 5.94. The van der Waals surface area contributed by atoms with Crippen LogP contribution in [0.3, 0.4) is 0 Å². The molecular formula is C21H24ClN3O2. The maximum Gasteiger partial charge on any atom is 0.250 e. The van der Waals surface area contributed by atoms with Crippen LogP contribution in [0, 0.1) is 0 Å². The first-order valence-electron chi connectivity index (χ1n) is 8.90. The van der Waals surface area contributed by atoms with Crippen molar-refractivity contribution in [2.24, 2.45) is 5.73 Å². The molecule has 0 saturated heterocycles. The lowest BCUT2D eigenvalue weighted by atomic mass is 10.0. The molecule has 1 amide bonds. The minimum Gasteiger partial charge on any atom is -0.497 e. The topological polar surface area (TPSA) is 67.6 Å². The van der Waals surface area contributed by atoms with Gasteiger partial charge in [0.25, 0.3) is 5.91 Å². The van der Waals surface area contributed by atoms with E-state index in [1.807, 2.05) is 48.5 Å². The van der Waals surface area contributed by atoms with Crippen LogP contribution in [0.25, 0.3) is 0 Å². The molecule has 5 nitrogen and oxygen atoms in total. The summed E-state index contributed by atoms with van der Waals surface area (Å²) < 4.78 is 5.22. The largest absolute Gasteiger partial charge is 0.497 e. The Bertz CT molecular complexity index is 834. The molecule has 0 aliphatic carbocycles. The van der Waals surface area contributed by atoms with Crippen molar-refractivity contribution in [1.82, 2.24) is 10.2 Å². The Hall–Kier alpha value is -2.50. The fourth-order valence-corrected chi connectivity index (χ4v) is 3.23. The van der Waals surface area contributed by atoms with Gasteiger partial charge in [0.05, 0.1) is 7.11 Å². The summed E-state index contributed by atoms with van der Waals surface area (Å²) in [7, 11) is 1.63. The number of carbonyl (C=O) groups is 1. The van der Waals surface area contributed by atoms with Crippen LogP contribution in [0.2, 0.25) is 5.02 Å². The summed E-state index contributed by atoms with van der Waals surface area (Å²) in [5.74, 6) is 0.656. The molecule has 142 valence electrons. The quantitative estimate of drug-likeness (QED) is 0.801. The van der Waals surface area contributed by atoms with E-state index in [9.17, 15) is 4.79 Å². The molecule has 0 spiro atoms.